The van der Waals surface area contributed by atoms with Crippen LogP contribution in [0.2, 0.25) is 0 Å². The molecule has 1 aromatic rings. The van der Waals surface area contributed by atoms with Crippen LogP contribution in [-0.2, 0) is 26.0 Å². The number of ether oxygens (including phenoxy) is 2. The molecule has 1 atom stereocenters. The zero-order valence-corrected chi connectivity index (χ0v) is 14.0. The van der Waals surface area contributed by atoms with Crippen LogP contribution in [0.3, 0.4) is 0 Å². The van der Waals surface area contributed by atoms with Gasteiger partial charge in [-0.3, -0.25) is 9.59 Å². The lowest BCUT2D eigenvalue weighted by Gasteiger charge is -2.13. The van der Waals surface area contributed by atoms with Crippen LogP contribution in [0.1, 0.15) is 12.5 Å². The molecule has 0 aliphatic rings. The van der Waals surface area contributed by atoms with E-state index in [-0.39, 0.29) is 13.2 Å². The molecular formula is C14H20N2O6S. The predicted molar refractivity (Wildman–Crippen MR) is 83.8 cm³/mol. The molecule has 9 heteroatoms. The van der Waals surface area contributed by atoms with Gasteiger partial charge in [-0.15, -0.1) is 0 Å². The molecule has 0 aromatic heterocycles. The summed E-state index contributed by atoms with van der Waals surface area (Å²) in [7, 11) is -2.01. The SMILES string of the molecule is COc1cc(CNC(=O)[C@@H](C)S(C)(=O)=O)ccc1OCC(N)=O. The van der Waals surface area contributed by atoms with Crippen molar-refractivity contribution in [2.45, 2.75) is 18.7 Å². The van der Waals surface area contributed by atoms with E-state index in [2.05, 4.69) is 5.32 Å². The highest BCUT2D eigenvalue weighted by Crippen LogP contribution is 2.28. The molecule has 1 rings (SSSR count). The van der Waals surface area contributed by atoms with Gasteiger partial charge >= 0.3 is 0 Å². The maximum atomic E-state index is 11.8. The molecule has 128 valence electrons. The second kappa shape index (κ2) is 7.82. The first-order valence-corrected chi connectivity index (χ1v) is 8.65. The first-order valence-electron chi connectivity index (χ1n) is 6.69. The van der Waals surface area contributed by atoms with E-state index in [9.17, 15) is 18.0 Å². The number of amides is 2. The fourth-order valence-electron chi connectivity index (χ4n) is 1.62. The van der Waals surface area contributed by atoms with E-state index in [4.69, 9.17) is 15.2 Å². The normalized spacial score (nSPS) is 12.3. The summed E-state index contributed by atoms with van der Waals surface area (Å²) in [4.78, 5) is 22.5. The molecule has 3 N–H and O–H groups in total. The van der Waals surface area contributed by atoms with Gasteiger partial charge < -0.3 is 20.5 Å². The lowest BCUT2D eigenvalue weighted by molar-refractivity contribution is -0.121. The number of carbonyl (C=O) groups is 2. The van der Waals surface area contributed by atoms with Crippen molar-refractivity contribution in [2.24, 2.45) is 5.73 Å². The van der Waals surface area contributed by atoms with Crippen LogP contribution in [-0.4, -0.2) is 45.5 Å². The molecule has 0 spiro atoms. The molecule has 2 amide bonds. The molecule has 0 radical (unpaired) electrons. The Morgan fingerprint density at radius 3 is 2.48 bits per heavy atom. The molecule has 0 saturated carbocycles. The zero-order chi connectivity index (χ0) is 17.6. The third-order valence-corrected chi connectivity index (χ3v) is 4.57. The number of methoxy groups -OCH3 is 1. The van der Waals surface area contributed by atoms with Gasteiger partial charge in [-0.05, 0) is 24.6 Å². The number of nitrogens with two attached hydrogens (primary N) is 1. The summed E-state index contributed by atoms with van der Waals surface area (Å²) < 4.78 is 33.0. The van der Waals surface area contributed by atoms with Crippen molar-refractivity contribution in [1.29, 1.82) is 0 Å². The first-order chi connectivity index (χ1) is 10.6. The number of hydrogen-bond donors (Lipinski definition) is 2. The molecule has 8 nitrogen and oxygen atoms in total. The molecule has 0 heterocycles. The van der Waals surface area contributed by atoms with E-state index in [1.54, 1.807) is 18.2 Å². The zero-order valence-electron chi connectivity index (χ0n) is 13.2. The topological polar surface area (TPSA) is 125 Å². The largest absolute Gasteiger partial charge is 0.493 e. The number of nitrogens with one attached hydrogen (secondary N) is 1. The van der Waals surface area contributed by atoms with Crippen molar-refractivity contribution in [3.05, 3.63) is 23.8 Å². The monoisotopic (exact) mass is 344 g/mol. The average molecular weight is 344 g/mol. The van der Waals surface area contributed by atoms with Crippen LogP contribution >= 0.6 is 0 Å². The van der Waals surface area contributed by atoms with Gasteiger partial charge in [0, 0.05) is 12.8 Å². The number of carbonyl (C=O) groups excluding carboxylic acids is 2. The van der Waals surface area contributed by atoms with E-state index >= 15 is 0 Å². The number of primary amides is 1. The molecule has 0 saturated heterocycles. The van der Waals surface area contributed by atoms with Gasteiger partial charge in [0.05, 0.1) is 7.11 Å². The summed E-state index contributed by atoms with van der Waals surface area (Å²) in [5.74, 6) is -0.487. The fourth-order valence-corrected chi connectivity index (χ4v) is 2.09. The van der Waals surface area contributed by atoms with Crippen LogP contribution in [0.15, 0.2) is 18.2 Å². The van der Waals surface area contributed by atoms with Crippen LogP contribution in [0.4, 0.5) is 0 Å². The summed E-state index contributed by atoms with van der Waals surface area (Å²) in [6, 6.07) is 4.84. The Labute approximate surface area is 134 Å². The molecular weight excluding hydrogens is 324 g/mol. The van der Waals surface area contributed by atoms with Gasteiger partial charge in [0.2, 0.25) is 5.91 Å². The van der Waals surface area contributed by atoms with Crippen LogP contribution in [0.5, 0.6) is 11.5 Å². The number of rotatable bonds is 8. The molecule has 23 heavy (non-hydrogen) atoms. The minimum absolute atomic E-state index is 0.130. The van der Waals surface area contributed by atoms with Crippen molar-refractivity contribution in [3.8, 4) is 11.5 Å². The second-order valence-corrected chi connectivity index (χ2v) is 7.30. The van der Waals surface area contributed by atoms with Crippen molar-refractivity contribution >= 4 is 21.7 Å². The first kappa shape index (κ1) is 18.8. The number of hydrogen-bond acceptors (Lipinski definition) is 6. The fraction of sp³-hybridized carbons (Fsp3) is 0.429. The Kier molecular flexibility index (Phi) is 6.38. The average Bonchev–Trinajstić information content (AvgIpc) is 2.48. The molecule has 0 aliphatic carbocycles. The van der Waals surface area contributed by atoms with E-state index in [1.165, 1.54) is 14.0 Å². The molecule has 0 aliphatic heterocycles. The molecule has 0 bridgehead atoms. The van der Waals surface area contributed by atoms with Crippen LogP contribution < -0.4 is 20.5 Å². The van der Waals surface area contributed by atoms with Crippen molar-refractivity contribution < 1.29 is 27.5 Å². The highest BCUT2D eigenvalue weighted by Gasteiger charge is 2.23. The molecule has 0 fully saturated rings. The van der Waals surface area contributed by atoms with Gasteiger partial charge in [0.15, 0.2) is 27.9 Å². The third kappa shape index (κ3) is 5.78. The Balaban J connectivity index is 2.75. The Bertz CT molecular complexity index is 687. The van der Waals surface area contributed by atoms with E-state index < -0.39 is 26.9 Å². The predicted octanol–water partition coefficient (Wildman–Crippen LogP) is -0.391. The minimum Gasteiger partial charge on any atom is -0.493 e. The third-order valence-electron chi connectivity index (χ3n) is 3.08. The summed E-state index contributed by atoms with van der Waals surface area (Å²) in [6.45, 7) is 1.18. The molecule has 0 unspecified atom stereocenters. The van der Waals surface area contributed by atoms with Gasteiger partial charge in [0.25, 0.3) is 5.91 Å². The minimum atomic E-state index is -3.44. The second-order valence-electron chi connectivity index (χ2n) is 4.93. The Hall–Kier alpha value is -2.29. The highest BCUT2D eigenvalue weighted by atomic mass is 32.2. The summed E-state index contributed by atoms with van der Waals surface area (Å²) >= 11 is 0. The summed E-state index contributed by atoms with van der Waals surface area (Å²) in [5.41, 5.74) is 5.69. The maximum absolute atomic E-state index is 11.8. The standard InChI is InChI=1S/C14H20N2O6S/c1-9(23(3,19)20)14(18)16-7-10-4-5-11(12(6-10)21-2)22-8-13(15)17/h4-6,9H,7-8H2,1-3H3,(H2,15,17)(H,16,18)/t9-/m1/s1. The number of sulfone groups is 1. The van der Waals surface area contributed by atoms with E-state index in [0.29, 0.717) is 17.1 Å². The van der Waals surface area contributed by atoms with Gasteiger partial charge in [-0.25, -0.2) is 8.42 Å². The summed E-state index contributed by atoms with van der Waals surface area (Å²) in [6.07, 6.45) is 1.01. The lowest BCUT2D eigenvalue weighted by Crippen LogP contribution is -2.37. The van der Waals surface area contributed by atoms with Gasteiger partial charge in [-0.1, -0.05) is 6.07 Å². The van der Waals surface area contributed by atoms with Crippen LogP contribution in [0.25, 0.3) is 0 Å². The number of benzene rings is 1. The molecule has 1 aromatic carbocycles. The van der Waals surface area contributed by atoms with E-state index in [0.717, 1.165) is 6.26 Å². The van der Waals surface area contributed by atoms with Crippen molar-refractivity contribution in [1.82, 2.24) is 5.32 Å². The quantitative estimate of drug-likeness (QED) is 0.661. The van der Waals surface area contributed by atoms with E-state index in [1.807, 2.05) is 0 Å². The summed E-state index contributed by atoms with van der Waals surface area (Å²) in [5, 5.41) is 1.42. The maximum Gasteiger partial charge on any atom is 0.255 e. The Morgan fingerprint density at radius 2 is 1.96 bits per heavy atom. The smallest absolute Gasteiger partial charge is 0.255 e. The lowest BCUT2D eigenvalue weighted by atomic mass is 10.2. The van der Waals surface area contributed by atoms with Crippen molar-refractivity contribution in [3.63, 3.8) is 0 Å². The van der Waals surface area contributed by atoms with Gasteiger partial charge in [0.1, 0.15) is 5.25 Å². The van der Waals surface area contributed by atoms with Gasteiger partial charge in [-0.2, -0.15) is 0 Å². The van der Waals surface area contributed by atoms with Crippen LogP contribution in [0, 0.1) is 0 Å². The Morgan fingerprint density at radius 1 is 1.30 bits per heavy atom. The highest BCUT2D eigenvalue weighted by molar-refractivity contribution is 7.92. The van der Waals surface area contributed by atoms with Crippen molar-refractivity contribution in [2.75, 3.05) is 20.0 Å².